The molecule has 0 atom stereocenters. The van der Waals surface area contributed by atoms with Crippen LogP contribution in [-0.4, -0.2) is 35.7 Å². The Hall–Kier alpha value is -1.98. The molecule has 0 aromatic carbocycles. The van der Waals surface area contributed by atoms with Crippen molar-refractivity contribution in [1.29, 1.82) is 0 Å². The van der Waals surface area contributed by atoms with E-state index >= 15 is 0 Å². The molecule has 80 valence electrons. The van der Waals surface area contributed by atoms with Crippen molar-refractivity contribution < 1.29 is 29.3 Å². The molecule has 0 aliphatic rings. The Bertz CT molecular complexity index is 176. The summed E-state index contributed by atoms with van der Waals surface area (Å²) in [6.07, 6.45) is 0.378. The van der Waals surface area contributed by atoms with Gasteiger partial charge in [-0.15, -0.1) is 0 Å². The normalized spacial score (nSPS) is 7.43. The van der Waals surface area contributed by atoms with Crippen molar-refractivity contribution in [2.75, 3.05) is 13.2 Å². The van der Waals surface area contributed by atoms with E-state index < -0.39 is 12.3 Å². The van der Waals surface area contributed by atoms with Gasteiger partial charge in [-0.1, -0.05) is 25.3 Å². The highest BCUT2D eigenvalue weighted by Gasteiger charge is 1.98. The minimum Gasteiger partial charge on any atom is -0.450 e. The lowest BCUT2D eigenvalue weighted by atomic mass is 10.6. The number of hydrogen-bond donors (Lipinski definition) is 2. The van der Waals surface area contributed by atoms with Crippen molar-refractivity contribution in [3.05, 3.63) is 25.3 Å². The fourth-order valence-corrected chi connectivity index (χ4v) is 0.258. The van der Waals surface area contributed by atoms with E-state index in [0.717, 1.165) is 0 Å². The third-order valence-corrected chi connectivity index (χ3v) is 0.701. The van der Waals surface area contributed by atoms with Crippen molar-refractivity contribution in [2.45, 2.75) is 0 Å². The zero-order valence-electron chi connectivity index (χ0n) is 7.51. The molecular formula is C8H12O6. The smallest absolute Gasteiger partial charge is 0.450 e. The van der Waals surface area contributed by atoms with Crippen LogP contribution < -0.4 is 0 Å². The Morgan fingerprint density at radius 1 is 1.00 bits per heavy atom. The van der Waals surface area contributed by atoms with E-state index in [1.54, 1.807) is 12.2 Å². The van der Waals surface area contributed by atoms with Gasteiger partial charge in [0.25, 0.3) is 0 Å². The molecule has 0 heterocycles. The van der Waals surface area contributed by atoms with Crippen LogP contribution in [0.25, 0.3) is 0 Å². The number of carbonyl (C=O) groups is 2. The van der Waals surface area contributed by atoms with Crippen molar-refractivity contribution in [1.82, 2.24) is 0 Å². The first-order chi connectivity index (χ1) is 6.54. The van der Waals surface area contributed by atoms with Gasteiger partial charge in [0, 0.05) is 0 Å². The molecule has 0 rings (SSSR count). The van der Waals surface area contributed by atoms with Crippen molar-refractivity contribution in [3.63, 3.8) is 0 Å². The average molecular weight is 204 g/mol. The molecule has 0 fully saturated rings. The minimum absolute atomic E-state index is 0.276. The highest BCUT2D eigenvalue weighted by Crippen LogP contribution is 1.79. The van der Waals surface area contributed by atoms with Gasteiger partial charge in [0.15, 0.2) is 0 Å². The highest BCUT2D eigenvalue weighted by molar-refractivity contribution is 5.57. The number of allylic oxidation sites excluding steroid dienone is 2. The lowest BCUT2D eigenvalue weighted by Crippen LogP contribution is -2.10. The summed E-state index contributed by atoms with van der Waals surface area (Å²) in [5, 5.41) is 15.7. The van der Waals surface area contributed by atoms with E-state index in [4.69, 9.17) is 10.2 Å². The van der Waals surface area contributed by atoms with Crippen molar-refractivity contribution >= 4 is 12.3 Å². The molecule has 0 saturated heterocycles. The van der Waals surface area contributed by atoms with Crippen molar-refractivity contribution in [2.24, 2.45) is 0 Å². The van der Waals surface area contributed by atoms with Gasteiger partial charge in [0.2, 0.25) is 0 Å². The topological polar surface area (TPSA) is 93.1 Å². The maximum absolute atomic E-state index is 9.62. The van der Waals surface area contributed by atoms with Gasteiger partial charge in [-0.2, -0.15) is 0 Å². The van der Waals surface area contributed by atoms with Gasteiger partial charge >= 0.3 is 12.3 Å². The second-order valence-corrected chi connectivity index (χ2v) is 1.70. The summed E-state index contributed by atoms with van der Waals surface area (Å²) in [4.78, 5) is 19.2. The fraction of sp³-hybridized carbons (Fsp3) is 0.250. The van der Waals surface area contributed by atoms with Crippen molar-refractivity contribution in [3.8, 4) is 0 Å². The van der Waals surface area contributed by atoms with Gasteiger partial charge in [-0.3, -0.25) is 0 Å². The Labute approximate surface area is 81.1 Å². The van der Waals surface area contributed by atoms with Crippen LogP contribution in [0, 0.1) is 0 Å². The molecule has 6 heteroatoms. The first-order valence-corrected chi connectivity index (χ1v) is 3.49. The maximum Gasteiger partial charge on any atom is 0.505 e. The molecule has 14 heavy (non-hydrogen) atoms. The zero-order chi connectivity index (χ0) is 11.4. The SMILES string of the molecule is C=CC=C.O=C(O)OCCOC(=O)O. The van der Waals surface area contributed by atoms with E-state index in [0.29, 0.717) is 0 Å². The standard InChI is InChI=1S/C4H6O6.C4H6/c5-3(6)9-1-2-10-4(7)8;1-3-4-2/h1-2H2,(H,5,6)(H,7,8);3-4H,1-2H2. The summed E-state index contributed by atoms with van der Waals surface area (Å²) in [7, 11) is 0. The molecule has 0 bridgehead atoms. The van der Waals surface area contributed by atoms with Crippen LogP contribution >= 0.6 is 0 Å². The summed E-state index contributed by atoms with van der Waals surface area (Å²) in [6, 6.07) is 0. The summed E-state index contributed by atoms with van der Waals surface area (Å²) in [6.45, 7) is 6.17. The molecule has 0 aromatic heterocycles. The van der Waals surface area contributed by atoms with E-state index in [-0.39, 0.29) is 13.2 Å². The zero-order valence-corrected chi connectivity index (χ0v) is 7.51. The molecule has 0 spiro atoms. The molecule has 0 saturated carbocycles. The van der Waals surface area contributed by atoms with Crippen LogP contribution in [0.4, 0.5) is 9.59 Å². The third kappa shape index (κ3) is 22.5. The predicted molar refractivity (Wildman–Crippen MR) is 48.3 cm³/mol. The van der Waals surface area contributed by atoms with Gasteiger partial charge in [0.1, 0.15) is 13.2 Å². The second-order valence-electron chi connectivity index (χ2n) is 1.70. The molecule has 0 radical (unpaired) electrons. The number of carboxylic acid groups (broad SMARTS) is 2. The quantitative estimate of drug-likeness (QED) is 0.411. The lowest BCUT2D eigenvalue weighted by molar-refractivity contribution is 0.0472. The minimum atomic E-state index is -1.45. The highest BCUT2D eigenvalue weighted by atomic mass is 16.7. The van der Waals surface area contributed by atoms with Gasteiger partial charge in [-0.25, -0.2) is 9.59 Å². The van der Waals surface area contributed by atoms with Crippen LogP contribution in [0.1, 0.15) is 0 Å². The summed E-state index contributed by atoms with van der Waals surface area (Å²) in [5.74, 6) is 0. The molecule has 0 unspecified atom stereocenters. The van der Waals surface area contributed by atoms with Crippen LogP contribution in [0.2, 0.25) is 0 Å². The molecule has 6 nitrogen and oxygen atoms in total. The summed E-state index contributed by atoms with van der Waals surface area (Å²) >= 11 is 0. The third-order valence-electron chi connectivity index (χ3n) is 0.701. The first-order valence-electron chi connectivity index (χ1n) is 3.49. The van der Waals surface area contributed by atoms with Crippen LogP contribution in [0.5, 0.6) is 0 Å². The van der Waals surface area contributed by atoms with Gasteiger partial charge in [0.05, 0.1) is 0 Å². The molecule has 0 amide bonds. The average Bonchev–Trinajstić information content (AvgIpc) is 2.12. The Morgan fingerprint density at radius 2 is 1.29 bits per heavy atom. The molecule has 0 aromatic rings. The fourth-order valence-electron chi connectivity index (χ4n) is 0.258. The number of ether oxygens (including phenoxy) is 2. The Kier molecular flexibility index (Phi) is 11.4. The largest absolute Gasteiger partial charge is 0.505 e. The maximum atomic E-state index is 9.62. The molecule has 0 aliphatic heterocycles. The summed E-state index contributed by atoms with van der Waals surface area (Å²) < 4.78 is 7.84. The van der Waals surface area contributed by atoms with Crippen LogP contribution in [0.15, 0.2) is 25.3 Å². The van der Waals surface area contributed by atoms with E-state index in [2.05, 4.69) is 22.6 Å². The second kappa shape index (κ2) is 11.0. The summed E-state index contributed by atoms with van der Waals surface area (Å²) in [5.41, 5.74) is 0. The monoisotopic (exact) mass is 204 g/mol. The van der Waals surface area contributed by atoms with Crippen LogP contribution in [0.3, 0.4) is 0 Å². The first kappa shape index (κ1) is 14.5. The number of rotatable bonds is 4. The Balaban J connectivity index is 0. The molecule has 0 aliphatic carbocycles. The van der Waals surface area contributed by atoms with Gasteiger partial charge < -0.3 is 19.7 Å². The molecule has 2 N–H and O–H groups in total. The lowest BCUT2D eigenvalue weighted by Gasteiger charge is -1.98. The number of hydrogen-bond acceptors (Lipinski definition) is 4. The van der Waals surface area contributed by atoms with E-state index in [9.17, 15) is 9.59 Å². The van der Waals surface area contributed by atoms with Crippen LogP contribution in [-0.2, 0) is 9.47 Å². The Morgan fingerprint density at radius 3 is 1.43 bits per heavy atom. The predicted octanol–water partition coefficient (Wildman–Crippen LogP) is 1.73. The van der Waals surface area contributed by atoms with Gasteiger partial charge in [-0.05, 0) is 0 Å². The van der Waals surface area contributed by atoms with E-state index in [1.165, 1.54) is 0 Å². The molecular weight excluding hydrogens is 192 g/mol. The van der Waals surface area contributed by atoms with E-state index in [1.807, 2.05) is 0 Å².